The first-order valence-corrected chi connectivity index (χ1v) is 5.89. The van der Waals surface area contributed by atoms with Gasteiger partial charge in [0.1, 0.15) is 11.5 Å². The maximum absolute atomic E-state index is 10.4. The highest BCUT2D eigenvalue weighted by atomic mass is 32.2. The lowest BCUT2D eigenvalue weighted by molar-refractivity contribution is 0.195. The third-order valence-electron chi connectivity index (χ3n) is 1.78. The van der Waals surface area contributed by atoms with E-state index in [0.29, 0.717) is 5.56 Å². The second kappa shape index (κ2) is 4.61. The molecule has 1 rings (SSSR count). The zero-order valence-electron chi connectivity index (χ0n) is 7.87. The van der Waals surface area contributed by atoms with E-state index in [1.165, 1.54) is 12.1 Å². The summed E-state index contributed by atoms with van der Waals surface area (Å²) < 4.78 is 29.4. The van der Waals surface area contributed by atoms with Crippen LogP contribution in [0.5, 0.6) is 5.75 Å². The zero-order chi connectivity index (χ0) is 11.5. The second-order valence-corrected chi connectivity index (χ2v) is 4.77. The predicted molar refractivity (Wildman–Crippen MR) is 54.2 cm³/mol. The van der Waals surface area contributed by atoms with Gasteiger partial charge in [0.15, 0.2) is 0 Å². The van der Waals surface area contributed by atoms with Gasteiger partial charge in [0.2, 0.25) is 0 Å². The van der Waals surface area contributed by atoms with Crippen LogP contribution >= 0.6 is 0 Å². The quantitative estimate of drug-likeness (QED) is 0.644. The highest BCUT2D eigenvalue weighted by molar-refractivity contribution is 7.85. The fourth-order valence-corrected chi connectivity index (χ4v) is 1.86. The minimum Gasteiger partial charge on any atom is -0.508 e. The molecular weight excluding hydrogens is 220 g/mol. The number of rotatable bonds is 4. The number of aromatic hydroxyl groups is 1. The van der Waals surface area contributed by atoms with E-state index in [1.807, 2.05) is 0 Å². The molecule has 15 heavy (non-hydrogen) atoms. The minimum atomic E-state index is -4.17. The summed E-state index contributed by atoms with van der Waals surface area (Å²) in [6.45, 7) is 0. The van der Waals surface area contributed by atoms with Crippen molar-refractivity contribution in [3.63, 3.8) is 0 Å². The Morgan fingerprint density at radius 2 is 2.00 bits per heavy atom. The van der Waals surface area contributed by atoms with E-state index in [2.05, 4.69) is 0 Å². The Balaban J connectivity index is 2.63. The van der Waals surface area contributed by atoms with E-state index in [0.717, 1.165) is 0 Å². The van der Waals surface area contributed by atoms with Gasteiger partial charge in [0.25, 0.3) is 10.1 Å². The molecule has 1 aromatic carbocycles. The highest BCUT2D eigenvalue weighted by Crippen LogP contribution is 2.12. The number of benzene rings is 1. The molecule has 3 N–H and O–H groups in total. The summed E-state index contributed by atoms with van der Waals surface area (Å²) in [5.74, 6) is -0.658. The van der Waals surface area contributed by atoms with Gasteiger partial charge < -0.3 is 10.2 Å². The molecule has 0 saturated heterocycles. The van der Waals surface area contributed by atoms with Gasteiger partial charge in [-0.3, -0.25) is 4.55 Å². The Hall–Kier alpha value is -1.11. The van der Waals surface area contributed by atoms with Crippen molar-refractivity contribution >= 4 is 10.1 Å². The average Bonchev–Trinajstić information content (AvgIpc) is 1.99. The molecular formula is C9H12O5S. The topological polar surface area (TPSA) is 94.8 Å². The molecule has 84 valence electrons. The summed E-state index contributed by atoms with van der Waals surface area (Å²) in [5, 5.41) is 18.4. The molecule has 0 aliphatic heterocycles. The summed E-state index contributed by atoms with van der Waals surface area (Å²) >= 11 is 0. The Kier molecular flexibility index (Phi) is 3.67. The van der Waals surface area contributed by atoms with Crippen LogP contribution in [0.1, 0.15) is 5.56 Å². The number of phenols is 1. The molecule has 0 heterocycles. The van der Waals surface area contributed by atoms with Crippen molar-refractivity contribution in [3.8, 4) is 5.75 Å². The maximum atomic E-state index is 10.4. The van der Waals surface area contributed by atoms with Crippen LogP contribution in [0.2, 0.25) is 0 Å². The summed E-state index contributed by atoms with van der Waals surface area (Å²) in [7, 11) is -4.17. The van der Waals surface area contributed by atoms with Crippen molar-refractivity contribution in [2.24, 2.45) is 0 Å². The third kappa shape index (κ3) is 4.78. The van der Waals surface area contributed by atoms with Crippen molar-refractivity contribution in [1.82, 2.24) is 0 Å². The van der Waals surface area contributed by atoms with Gasteiger partial charge in [-0.25, -0.2) is 0 Å². The SMILES string of the molecule is O=S(=O)(O)CC(O)Cc1cccc(O)c1. The molecule has 0 bridgehead atoms. The number of phenolic OH excluding ortho intramolecular Hbond substituents is 1. The monoisotopic (exact) mass is 232 g/mol. The third-order valence-corrected chi connectivity index (χ3v) is 2.59. The summed E-state index contributed by atoms with van der Waals surface area (Å²) in [4.78, 5) is 0. The van der Waals surface area contributed by atoms with Gasteiger partial charge in [-0.2, -0.15) is 8.42 Å². The van der Waals surface area contributed by atoms with E-state index in [4.69, 9.17) is 9.66 Å². The Labute approximate surface area is 87.7 Å². The molecule has 0 fully saturated rings. The van der Waals surface area contributed by atoms with Gasteiger partial charge in [-0.1, -0.05) is 12.1 Å². The van der Waals surface area contributed by atoms with E-state index < -0.39 is 22.0 Å². The van der Waals surface area contributed by atoms with Crippen LogP contribution in [0.4, 0.5) is 0 Å². The lowest BCUT2D eigenvalue weighted by Crippen LogP contribution is -2.22. The van der Waals surface area contributed by atoms with Crippen LogP contribution in [0.25, 0.3) is 0 Å². The molecule has 0 saturated carbocycles. The first-order valence-electron chi connectivity index (χ1n) is 4.28. The van der Waals surface area contributed by atoms with Crippen LogP contribution in [0, 0.1) is 0 Å². The lowest BCUT2D eigenvalue weighted by Gasteiger charge is -2.08. The van der Waals surface area contributed by atoms with Crippen molar-refractivity contribution < 1.29 is 23.2 Å². The first-order chi connectivity index (χ1) is 6.87. The molecule has 6 heteroatoms. The van der Waals surface area contributed by atoms with Gasteiger partial charge in [0, 0.05) is 0 Å². The van der Waals surface area contributed by atoms with Gasteiger partial charge >= 0.3 is 0 Å². The van der Waals surface area contributed by atoms with E-state index in [-0.39, 0.29) is 12.2 Å². The number of hydrogen-bond donors (Lipinski definition) is 3. The van der Waals surface area contributed by atoms with Gasteiger partial charge in [0.05, 0.1) is 6.10 Å². The normalized spacial score (nSPS) is 13.7. The Bertz CT molecular complexity index is 426. The Morgan fingerprint density at radius 3 is 2.53 bits per heavy atom. The minimum absolute atomic E-state index is 0.0477. The first kappa shape index (κ1) is 12.0. The van der Waals surface area contributed by atoms with Gasteiger partial charge in [-0.15, -0.1) is 0 Å². The standard InChI is InChI=1S/C9H12O5S/c10-8-3-1-2-7(4-8)5-9(11)6-15(12,13)14/h1-4,9-11H,5-6H2,(H,12,13,14). The lowest BCUT2D eigenvalue weighted by atomic mass is 10.1. The summed E-state index contributed by atoms with van der Waals surface area (Å²) in [5.41, 5.74) is 0.603. The van der Waals surface area contributed by atoms with Crippen molar-refractivity contribution in [2.45, 2.75) is 12.5 Å². The molecule has 0 aliphatic rings. The van der Waals surface area contributed by atoms with E-state index >= 15 is 0 Å². The zero-order valence-corrected chi connectivity index (χ0v) is 8.68. The molecule has 0 amide bonds. The molecule has 0 aliphatic carbocycles. The van der Waals surface area contributed by atoms with Crippen molar-refractivity contribution in [2.75, 3.05) is 5.75 Å². The largest absolute Gasteiger partial charge is 0.508 e. The maximum Gasteiger partial charge on any atom is 0.267 e. The molecule has 1 atom stereocenters. The Morgan fingerprint density at radius 1 is 1.33 bits per heavy atom. The number of aliphatic hydroxyl groups excluding tert-OH is 1. The molecule has 5 nitrogen and oxygen atoms in total. The van der Waals surface area contributed by atoms with Crippen LogP contribution in [0.15, 0.2) is 24.3 Å². The number of aliphatic hydroxyl groups is 1. The van der Waals surface area contributed by atoms with Crippen LogP contribution in [0.3, 0.4) is 0 Å². The van der Waals surface area contributed by atoms with Crippen molar-refractivity contribution in [1.29, 1.82) is 0 Å². The number of hydrogen-bond acceptors (Lipinski definition) is 4. The predicted octanol–water partition coefficient (Wildman–Crippen LogP) is 0.183. The van der Waals surface area contributed by atoms with Crippen molar-refractivity contribution in [3.05, 3.63) is 29.8 Å². The van der Waals surface area contributed by atoms with Crippen LogP contribution < -0.4 is 0 Å². The smallest absolute Gasteiger partial charge is 0.267 e. The van der Waals surface area contributed by atoms with E-state index in [9.17, 15) is 13.5 Å². The highest BCUT2D eigenvalue weighted by Gasteiger charge is 2.14. The van der Waals surface area contributed by atoms with Gasteiger partial charge in [-0.05, 0) is 24.1 Å². The molecule has 0 aromatic heterocycles. The fraction of sp³-hybridized carbons (Fsp3) is 0.333. The molecule has 0 spiro atoms. The molecule has 1 unspecified atom stereocenters. The second-order valence-electron chi connectivity index (χ2n) is 3.28. The summed E-state index contributed by atoms with van der Waals surface area (Å²) in [6, 6.07) is 6.13. The average molecular weight is 232 g/mol. The molecule has 0 radical (unpaired) electrons. The fourth-order valence-electron chi connectivity index (χ4n) is 1.26. The van der Waals surface area contributed by atoms with Crippen LogP contribution in [-0.2, 0) is 16.5 Å². The van der Waals surface area contributed by atoms with Crippen LogP contribution in [-0.4, -0.2) is 35.0 Å². The molecule has 1 aromatic rings. The summed E-state index contributed by atoms with van der Waals surface area (Å²) in [6.07, 6.45) is -1.12. The van der Waals surface area contributed by atoms with E-state index in [1.54, 1.807) is 12.1 Å².